The molecule has 1 atom stereocenters. The van der Waals surface area contributed by atoms with Crippen LogP contribution in [0.15, 0.2) is 41.8 Å². The maximum atomic E-state index is 5.87. The Hall–Kier alpha value is -0.830. The first-order chi connectivity index (χ1) is 8.25. The number of rotatable bonds is 5. The fourth-order valence-corrected chi connectivity index (χ4v) is 2.57. The third-order valence-electron chi connectivity index (χ3n) is 2.77. The molecule has 0 aliphatic rings. The topological polar surface area (TPSA) is 12.0 Å². The van der Waals surface area contributed by atoms with Gasteiger partial charge in [0.25, 0.3) is 0 Å². The predicted octanol–water partition coefficient (Wildman–Crippen LogP) is 4.29. The Morgan fingerprint density at radius 1 is 1.24 bits per heavy atom. The molecule has 0 saturated heterocycles. The van der Waals surface area contributed by atoms with Crippen LogP contribution in [0.4, 0.5) is 0 Å². The van der Waals surface area contributed by atoms with Crippen LogP contribution >= 0.6 is 22.9 Å². The second kappa shape index (κ2) is 6.20. The van der Waals surface area contributed by atoms with Crippen LogP contribution in [0.2, 0.25) is 5.02 Å². The van der Waals surface area contributed by atoms with E-state index in [1.54, 1.807) is 0 Å². The molecule has 1 aromatic heterocycles. The molecule has 1 nitrogen and oxygen atoms in total. The largest absolute Gasteiger partial charge is 0.310 e. The molecule has 0 spiro atoms. The van der Waals surface area contributed by atoms with Gasteiger partial charge in [0, 0.05) is 22.5 Å². The molecule has 0 fully saturated rings. The highest BCUT2D eigenvalue weighted by Gasteiger charge is 2.04. The fraction of sp³-hybridized carbons (Fsp3) is 0.286. The second-order valence-corrected chi connectivity index (χ2v) is 5.53. The minimum atomic E-state index is 0.368. The van der Waals surface area contributed by atoms with Gasteiger partial charge in [0.05, 0.1) is 0 Å². The Bertz CT molecular complexity index is 436. The lowest BCUT2D eigenvalue weighted by molar-refractivity contribution is 0.578. The number of hydrogen-bond donors (Lipinski definition) is 1. The average Bonchev–Trinajstić information content (AvgIpc) is 2.83. The SMILES string of the molecule is CC(NCCc1cccs1)c1ccc(Cl)cc1. The molecule has 0 amide bonds. The summed E-state index contributed by atoms with van der Waals surface area (Å²) in [5.74, 6) is 0. The Balaban J connectivity index is 1.81. The van der Waals surface area contributed by atoms with Gasteiger partial charge in [-0.2, -0.15) is 0 Å². The van der Waals surface area contributed by atoms with E-state index in [1.165, 1.54) is 10.4 Å². The first kappa shape index (κ1) is 12.6. The van der Waals surface area contributed by atoms with Crippen molar-refractivity contribution in [3.05, 3.63) is 57.2 Å². The molecule has 1 unspecified atom stereocenters. The monoisotopic (exact) mass is 265 g/mol. The van der Waals surface area contributed by atoms with Crippen molar-refractivity contribution < 1.29 is 0 Å². The maximum absolute atomic E-state index is 5.87. The highest BCUT2D eigenvalue weighted by atomic mass is 35.5. The van der Waals surface area contributed by atoms with Crippen LogP contribution in [0.1, 0.15) is 23.4 Å². The molecule has 0 radical (unpaired) electrons. The van der Waals surface area contributed by atoms with Crippen molar-refractivity contribution >= 4 is 22.9 Å². The van der Waals surface area contributed by atoms with Crippen molar-refractivity contribution in [2.24, 2.45) is 0 Å². The lowest BCUT2D eigenvalue weighted by Crippen LogP contribution is -2.21. The number of hydrogen-bond acceptors (Lipinski definition) is 2. The van der Waals surface area contributed by atoms with E-state index in [-0.39, 0.29) is 0 Å². The van der Waals surface area contributed by atoms with E-state index in [0.29, 0.717) is 6.04 Å². The zero-order valence-electron chi connectivity index (χ0n) is 9.82. The molecule has 2 rings (SSSR count). The van der Waals surface area contributed by atoms with Gasteiger partial charge in [0.15, 0.2) is 0 Å². The zero-order chi connectivity index (χ0) is 12.1. The fourth-order valence-electron chi connectivity index (χ4n) is 1.74. The van der Waals surface area contributed by atoms with E-state index in [9.17, 15) is 0 Å². The number of thiophene rings is 1. The summed E-state index contributed by atoms with van der Waals surface area (Å²) in [7, 11) is 0. The quantitative estimate of drug-likeness (QED) is 0.850. The van der Waals surface area contributed by atoms with Crippen LogP contribution in [-0.2, 0) is 6.42 Å². The predicted molar refractivity (Wildman–Crippen MR) is 75.9 cm³/mol. The summed E-state index contributed by atoms with van der Waals surface area (Å²) < 4.78 is 0. The third kappa shape index (κ3) is 3.84. The average molecular weight is 266 g/mol. The molecule has 0 saturated carbocycles. The van der Waals surface area contributed by atoms with E-state index >= 15 is 0 Å². The molecule has 0 aliphatic carbocycles. The van der Waals surface area contributed by atoms with Crippen LogP contribution in [-0.4, -0.2) is 6.54 Å². The maximum Gasteiger partial charge on any atom is 0.0406 e. The molecular weight excluding hydrogens is 250 g/mol. The third-order valence-corrected chi connectivity index (χ3v) is 3.96. The summed E-state index contributed by atoms with van der Waals surface area (Å²) >= 11 is 7.68. The summed E-state index contributed by atoms with van der Waals surface area (Å²) in [6.07, 6.45) is 1.09. The van der Waals surface area contributed by atoms with Crippen LogP contribution < -0.4 is 5.32 Å². The van der Waals surface area contributed by atoms with E-state index in [4.69, 9.17) is 11.6 Å². The highest BCUT2D eigenvalue weighted by molar-refractivity contribution is 7.09. The van der Waals surface area contributed by atoms with Gasteiger partial charge < -0.3 is 5.32 Å². The van der Waals surface area contributed by atoms with Gasteiger partial charge in [-0.1, -0.05) is 29.8 Å². The molecule has 2 aromatic rings. The zero-order valence-corrected chi connectivity index (χ0v) is 11.4. The lowest BCUT2D eigenvalue weighted by Gasteiger charge is -2.13. The number of benzene rings is 1. The first-order valence-electron chi connectivity index (χ1n) is 5.77. The number of halogens is 1. The van der Waals surface area contributed by atoms with Crippen LogP contribution in [0, 0.1) is 0 Å². The van der Waals surface area contributed by atoms with E-state index in [1.807, 2.05) is 23.5 Å². The van der Waals surface area contributed by atoms with Gasteiger partial charge in [-0.25, -0.2) is 0 Å². The van der Waals surface area contributed by atoms with Gasteiger partial charge in [0.1, 0.15) is 0 Å². The summed E-state index contributed by atoms with van der Waals surface area (Å²) in [6, 6.07) is 12.7. The molecule has 1 N–H and O–H groups in total. The van der Waals surface area contributed by atoms with E-state index in [0.717, 1.165) is 18.0 Å². The van der Waals surface area contributed by atoms with Crippen molar-refractivity contribution in [1.82, 2.24) is 5.32 Å². The molecule has 0 bridgehead atoms. The minimum absolute atomic E-state index is 0.368. The Kier molecular flexibility index (Phi) is 4.60. The molecular formula is C14H16ClNS. The lowest BCUT2D eigenvalue weighted by atomic mass is 10.1. The molecule has 90 valence electrons. The molecule has 3 heteroatoms. The molecule has 1 aromatic carbocycles. The van der Waals surface area contributed by atoms with Crippen molar-refractivity contribution in [3.8, 4) is 0 Å². The van der Waals surface area contributed by atoms with Crippen molar-refractivity contribution in [1.29, 1.82) is 0 Å². The summed E-state index contributed by atoms with van der Waals surface area (Å²) in [5, 5.41) is 6.43. The van der Waals surface area contributed by atoms with Gasteiger partial charge in [0.2, 0.25) is 0 Å². The van der Waals surface area contributed by atoms with Gasteiger partial charge in [-0.15, -0.1) is 11.3 Å². The summed E-state index contributed by atoms with van der Waals surface area (Å²) in [5.41, 5.74) is 1.28. The molecule has 0 aliphatic heterocycles. The summed E-state index contributed by atoms with van der Waals surface area (Å²) in [4.78, 5) is 1.43. The smallest absolute Gasteiger partial charge is 0.0406 e. The minimum Gasteiger partial charge on any atom is -0.310 e. The Morgan fingerprint density at radius 3 is 2.65 bits per heavy atom. The van der Waals surface area contributed by atoms with Crippen molar-refractivity contribution in [2.45, 2.75) is 19.4 Å². The van der Waals surface area contributed by atoms with Gasteiger partial charge >= 0.3 is 0 Å². The highest BCUT2D eigenvalue weighted by Crippen LogP contribution is 2.16. The van der Waals surface area contributed by atoms with E-state index in [2.05, 4.69) is 41.9 Å². The van der Waals surface area contributed by atoms with Crippen LogP contribution in [0.3, 0.4) is 0 Å². The van der Waals surface area contributed by atoms with Gasteiger partial charge in [-0.3, -0.25) is 0 Å². The second-order valence-electron chi connectivity index (χ2n) is 4.06. The van der Waals surface area contributed by atoms with Crippen molar-refractivity contribution in [2.75, 3.05) is 6.54 Å². The van der Waals surface area contributed by atoms with Gasteiger partial charge in [-0.05, 0) is 42.5 Å². The van der Waals surface area contributed by atoms with Crippen LogP contribution in [0.5, 0.6) is 0 Å². The normalized spacial score (nSPS) is 12.6. The van der Waals surface area contributed by atoms with Crippen molar-refractivity contribution in [3.63, 3.8) is 0 Å². The Morgan fingerprint density at radius 2 is 2.00 bits per heavy atom. The molecule has 17 heavy (non-hydrogen) atoms. The standard InChI is InChI=1S/C14H16ClNS/c1-11(12-4-6-13(15)7-5-12)16-9-8-14-3-2-10-17-14/h2-7,10-11,16H,8-9H2,1H3. The Labute approximate surface area is 111 Å². The first-order valence-corrected chi connectivity index (χ1v) is 7.02. The molecule has 1 heterocycles. The summed E-state index contributed by atoms with van der Waals surface area (Å²) in [6.45, 7) is 3.18. The number of nitrogens with one attached hydrogen (secondary N) is 1. The van der Waals surface area contributed by atoms with Crippen LogP contribution in [0.25, 0.3) is 0 Å². The van der Waals surface area contributed by atoms with E-state index < -0.39 is 0 Å².